The van der Waals surface area contributed by atoms with E-state index in [4.69, 9.17) is 0 Å². The Morgan fingerprint density at radius 3 is 1.33 bits per heavy atom. The Balaban J connectivity index is 1.67. The maximum atomic E-state index is 12.7. The molecule has 0 atom stereocenters. The van der Waals surface area contributed by atoms with E-state index in [1.165, 1.54) is 43.1 Å². The van der Waals surface area contributed by atoms with E-state index in [0.29, 0.717) is 0 Å². The summed E-state index contributed by atoms with van der Waals surface area (Å²) in [5.41, 5.74) is 3.85. The maximum Gasteiger partial charge on any atom is 0.141 e. The molecule has 0 aromatic heterocycles. The van der Waals surface area contributed by atoms with Crippen LogP contribution < -0.4 is 0 Å². The highest BCUT2D eigenvalue weighted by Crippen LogP contribution is 2.56. The highest BCUT2D eigenvalue weighted by Gasteiger charge is 2.45. The van der Waals surface area contributed by atoms with Gasteiger partial charge in [0.05, 0.1) is 0 Å². The molecule has 0 spiro atoms. The van der Waals surface area contributed by atoms with E-state index in [0.717, 1.165) is 27.8 Å². The topological polar surface area (TPSA) is 20.2 Å². The fourth-order valence-electron chi connectivity index (χ4n) is 6.45. The highest BCUT2D eigenvalue weighted by molar-refractivity contribution is 6.23. The number of fused-ring (bicyclic) bond motifs is 11. The summed E-state index contributed by atoms with van der Waals surface area (Å²) in [7, 11) is 0. The maximum absolute atomic E-state index is 12.7. The van der Waals surface area contributed by atoms with Crippen LogP contribution in [0.5, 0.6) is 0 Å². The van der Waals surface area contributed by atoms with Crippen LogP contribution in [-0.2, 0) is 5.60 Å². The molecule has 1 aliphatic rings. The van der Waals surface area contributed by atoms with E-state index in [9.17, 15) is 5.11 Å². The van der Waals surface area contributed by atoms with Crippen molar-refractivity contribution in [3.63, 3.8) is 0 Å². The number of benzene rings is 7. The third-order valence-electron chi connectivity index (χ3n) is 8.04. The molecule has 8 rings (SSSR count). The summed E-state index contributed by atoms with van der Waals surface area (Å²) in [5, 5.41) is 22.4. The van der Waals surface area contributed by atoms with Gasteiger partial charge < -0.3 is 5.11 Å². The Morgan fingerprint density at radius 2 is 0.806 bits per heavy atom. The van der Waals surface area contributed by atoms with Crippen molar-refractivity contribution >= 4 is 43.1 Å². The Labute approximate surface area is 208 Å². The minimum Gasteiger partial charge on any atom is -0.376 e. The smallest absolute Gasteiger partial charge is 0.141 e. The zero-order valence-corrected chi connectivity index (χ0v) is 19.6. The van der Waals surface area contributed by atoms with E-state index in [2.05, 4.69) is 97.1 Å². The fourth-order valence-corrected chi connectivity index (χ4v) is 6.45. The Bertz CT molecular complexity index is 1870. The average Bonchev–Trinajstić information content (AvgIpc) is 3.22. The van der Waals surface area contributed by atoms with Gasteiger partial charge in [-0.1, -0.05) is 127 Å². The van der Waals surface area contributed by atoms with Crippen LogP contribution in [0.4, 0.5) is 0 Å². The van der Waals surface area contributed by atoms with Gasteiger partial charge in [-0.25, -0.2) is 0 Å². The molecule has 1 heteroatoms. The lowest BCUT2D eigenvalue weighted by Gasteiger charge is -2.27. The lowest BCUT2D eigenvalue weighted by atomic mass is 9.83. The van der Waals surface area contributed by atoms with Gasteiger partial charge >= 0.3 is 0 Å². The third-order valence-corrected chi connectivity index (χ3v) is 8.04. The van der Waals surface area contributed by atoms with Crippen LogP contribution in [0, 0.1) is 0 Å². The Hall–Kier alpha value is -4.46. The standard InChI is InChI=1S/C35H22O/c36-35(26-10-2-1-3-11-26)29-20-18-24-16-14-22-8-4-6-12-27(22)31(24)33(29)34-30(35)21-19-25-17-15-23-9-5-7-13-28(23)32(25)34/h1-21,36H. The summed E-state index contributed by atoms with van der Waals surface area (Å²) in [6.07, 6.45) is 0. The third kappa shape index (κ3) is 2.43. The first-order chi connectivity index (χ1) is 17.7. The van der Waals surface area contributed by atoms with E-state index in [1.54, 1.807) is 0 Å². The number of rotatable bonds is 1. The first-order valence-electron chi connectivity index (χ1n) is 12.4. The van der Waals surface area contributed by atoms with Gasteiger partial charge in [0.1, 0.15) is 5.60 Å². The van der Waals surface area contributed by atoms with Gasteiger partial charge in [0, 0.05) is 11.1 Å². The minimum atomic E-state index is -1.23. The fraction of sp³-hybridized carbons (Fsp3) is 0.0286. The second-order valence-corrected chi connectivity index (χ2v) is 9.82. The van der Waals surface area contributed by atoms with E-state index < -0.39 is 5.60 Å². The van der Waals surface area contributed by atoms with Crippen LogP contribution in [0.25, 0.3) is 54.2 Å². The molecule has 0 heterocycles. The summed E-state index contributed by atoms with van der Waals surface area (Å²) in [6, 6.07) is 44.7. The SMILES string of the molecule is OC1(c2ccccc2)c2ccc3ccc4ccccc4c3c2-c2c1ccc1ccc3ccccc3c21. The van der Waals surface area contributed by atoms with Crippen LogP contribution in [0.15, 0.2) is 127 Å². The molecular formula is C35H22O. The molecule has 0 amide bonds. The van der Waals surface area contributed by atoms with E-state index in [-0.39, 0.29) is 0 Å². The largest absolute Gasteiger partial charge is 0.376 e. The molecule has 1 N–H and O–H groups in total. The molecular weight excluding hydrogens is 436 g/mol. The second-order valence-electron chi connectivity index (χ2n) is 9.82. The molecule has 0 fully saturated rings. The first kappa shape index (κ1) is 19.8. The zero-order valence-electron chi connectivity index (χ0n) is 19.6. The van der Waals surface area contributed by atoms with Gasteiger partial charge in [0.25, 0.3) is 0 Å². The molecule has 0 saturated heterocycles. The summed E-state index contributed by atoms with van der Waals surface area (Å²) in [6.45, 7) is 0. The van der Waals surface area contributed by atoms with Crippen molar-refractivity contribution in [1.29, 1.82) is 0 Å². The predicted octanol–water partition coefficient (Wildman–Crippen LogP) is 8.56. The van der Waals surface area contributed by atoms with Crippen LogP contribution in [0.2, 0.25) is 0 Å². The van der Waals surface area contributed by atoms with Crippen molar-refractivity contribution < 1.29 is 5.11 Å². The molecule has 7 aromatic carbocycles. The Kier molecular flexibility index (Phi) is 3.87. The van der Waals surface area contributed by atoms with Crippen LogP contribution in [-0.4, -0.2) is 5.11 Å². The molecule has 1 aliphatic carbocycles. The predicted molar refractivity (Wildman–Crippen MR) is 150 cm³/mol. The number of hydrogen-bond acceptors (Lipinski definition) is 1. The summed E-state index contributed by atoms with van der Waals surface area (Å²) >= 11 is 0. The van der Waals surface area contributed by atoms with Gasteiger partial charge in [0.15, 0.2) is 0 Å². The van der Waals surface area contributed by atoms with Crippen molar-refractivity contribution in [2.75, 3.05) is 0 Å². The molecule has 168 valence electrons. The molecule has 7 aromatic rings. The molecule has 0 saturated carbocycles. The van der Waals surface area contributed by atoms with Crippen molar-refractivity contribution in [1.82, 2.24) is 0 Å². The number of hydrogen-bond donors (Lipinski definition) is 1. The van der Waals surface area contributed by atoms with Crippen molar-refractivity contribution in [3.8, 4) is 11.1 Å². The lowest BCUT2D eigenvalue weighted by molar-refractivity contribution is 0.131. The molecule has 36 heavy (non-hydrogen) atoms. The van der Waals surface area contributed by atoms with Gasteiger partial charge in [0.2, 0.25) is 0 Å². The first-order valence-corrected chi connectivity index (χ1v) is 12.4. The van der Waals surface area contributed by atoms with E-state index in [1.807, 2.05) is 30.3 Å². The molecule has 1 nitrogen and oxygen atoms in total. The van der Waals surface area contributed by atoms with Gasteiger partial charge in [-0.05, 0) is 59.8 Å². The summed E-state index contributed by atoms with van der Waals surface area (Å²) < 4.78 is 0. The molecule has 0 aliphatic heterocycles. The van der Waals surface area contributed by atoms with Crippen molar-refractivity contribution in [2.45, 2.75) is 5.60 Å². The minimum absolute atomic E-state index is 0.893. The molecule has 0 radical (unpaired) electrons. The number of aliphatic hydroxyl groups is 1. The second kappa shape index (κ2) is 7.04. The normalized spacial score (nSPS) is 13.9. The summed E-state index contributed by atoms with van der Waals surface area (Å²) in [4.78, 5) is 0. The monoisotopic (exact) mass is 458 g/mol. The average molecular weight is 459 g/mol. The highest BCUT2D eigenvalue weighted by atomic mass is 16.3. The van der Waals surface area contributed by atoms with Gasteiger partial charge in [-0.3, -0.25) is 0 Å². The van der Waals surface area contributed by atoms with E-state index >= 15 is 0 Å². The van der Waals surface area contributed by atoms with Gasteiger partial charge in [-0.2, -0.15) is 0 Å². The van der Waals surface area contributed by atoms with Crippen LogP contribution >= 0.6 is 0 Å². The van der Waals surface area contributed by atoms with Crippen molar-refractivity contribution in [2.24, 2.45) is 0 Å². The van der Waals surface area contributed by atoms with Gasteiger partial charge in [-0.15, -0.1) is 0 Å². The van der Waals surface area contributed by atoms with Crippen molar-refractivity contribution in [3.05, 3.63) is 144 Å². The van der Waals surface area contributed by atoms with Crippen LogP contribution in [0.1, 0.15) is 16.7 Å². The quantitative estimate of drug-likeness (QED) is 0.244. The zero-order chi connectivity index (χ0) is 23.9. The summed E-state index contributed by atoms with van der Waals surface area (Å²) in [5.74, 6) is 0. The molecule has 0 bridgehead atoms. The van der Waals surface area contributed by atoms with Crippen LogP contribution in [0.3, 0.4) is 0 Å². The lowest BCUT2D eigenvalue weighted by Crippen LogP contribution is -2.26. The Morgan fingerprint density at radius 1 is 0.389 bits per heavy atom. The molecule has 0 unspecified atom stereocenters.